The highest BCUT2D eigenvalue weighted by molar-refractivity contribution is 5.96. The Labute approximate surface area is 47.2 Å². The van der Waals surface area contributed by atoms with Crippen LogP contribution in [0.5, 0.6) is 0 Å². The van der Waals surface area contributed by atoms with Crippen molar-refractivity contribution >= 4 is 24.3 Å². The average Bonchev–Trinajstić information content (AvgIpc) is 1.78. The van der Waals surface area contributed by atoms with Crippen LogP contribution in [0.4, 0.5) is 12.9 Å². The third kappa shape index (κ3) is 412000. The van der Waals surface area contributed by atoms with Crippen molar-refractivity contribution in [2.24, 2.45) is 0 Å². The number of rotatable bonds is 0. The van der Waals surface area contributed by atoms with Crippen molar-refractivity contribution in [1.82, 2.24) is 0 Å². The molecular weight excluding hydrogens is 101 g/mol. The molecule has 0 aliphatic heterocycles. The van der Waals surface area contributed by atoms with Gasteiger partial charge in [0, 0.05) is 1.34 Å². The number of hydrogen-bond donors (Lipinski definition) is 0. The van der Waals surface area contributed by atoms with Crippen molar-refractivity contribution in [3.63, 3.8) is 0 Å². The second kappa shape index (κ2) is 644000. The van der Waals surface area contributed by atoms with Crippen molar-refractivity contribution in [1.29, 1.82) is 1.34 Å². The van der Waals surface area contributed by atoms with Gasteiger partial charge in [-0.15, -0.1) is 0 Å². The van der Waals surface area contributed by atoms with Gasteiger partial charge in [-0.25, -0.2) is 0 Å². The summed E-state index contributed by atoms with van der Waals surface area (Å²) in [6.07, 6.45) is 0. The third-order valence-electron chi connectivity index (χ3n) is 0. The van der Waals surface area contributed by atoms with E-state index < -0.39 is 0 Å². The molecule has 0 aromatic carbocycles. The van der Waals surface area contributed by atoms with Crippen LogP contribution in [0.25, 0.3) is 0 Å². The van der Waals surface area contributed by atoms with Crippen molar-refractivity contribution in [2.75, 3.05) is 0 Å². The molecule has 0 bridgehead atoms. The highest BCUT2D eigenvalue weighted by Gasteiger charge is 1.06. The molecule has 0 N–H and O–H groups in total. The van der Waals surface area contributed by atoms with Crippen molar-refractivity contribution in [2.45, 2.75) is 7.43 Å². The zero-order valence-corrected chi connectivity index (χ0v) is 2.87. The molecule has 0 unspecified atom stereocenters. The summed E-state index contributed by atoms with van der Waals surface area (Å²) < 4.78 is 33.2. The zero-order valence-electron chi connectivity index (χ0n) is 3.87. The molecule has 0 aromatic rings. The van der Waals surface area contributed by atoms with Crippen LogP contribution in [-0.4, -0.2) is 25.7 Å². The standard InChI is InChI=1S/CH4.BFH.2BF/c;3*1-2/h1H4;1H;;/i;1T;;. The van der Waals surface area contributed by atoms with Crippen LogP contribution < -0.4 is 0 Å². The summed E-state index contributed by atoms with van der Waals surface area (Å²) in [4.78, 5) is 0. The summed E-state index contributed by atoms with van der Waals surface area (Å²) in [7, 11) is 5.75. The molecule has 6 heteroatoms. The first-order valence-corrected chi connectivity index (χ1v) is 0.655. The van der Waals surface area contributed by atoms with E-state index in [-0.39, 0.29) is 15.5 Å². The molecule has 0 aliphatic carbocycles. The van der Waals surface area contributed by atoms with E-state index in [2.05, 4.69) is 16.2 Å². The first-order chi connectivity index (χ1) is 3.41. The monoisotopic (exact) mass is 109 g/mol. The van der Waals surface area contributed by atoms with E-state index in [0.29, 0.717) is 0 Å². The largest absolute Gasteiger partial charge is 0.350 e. The summed E-state index contributed by atoms with van der Waals surface area (Å²) in [6.45, 7) is 0. The van der Waals surface area contributed by atoms with Gasteiger partial charge in [0.05, 0.1) is 0 Å². The Morgan fingerprint density at radius 2 is 1.29 bits per heavy atom. The lowest BCUT2D eigenvalue weighted by Crippen LogP contribution is -1.06. The predicted molar refractivity (Wildman–Crippen MR) is 28.7 cm³/mol. The molecule has 0 nitrogen and oxygen atoms in total. The third-order valence-corrected chi connectivity index (χ3v) is 0. The maximum atomic E-state index is 9.83. The molecule has 0 aliphatic rings. The normalized spacial score (nSPS) is 3.57. The van der Waals surface area contributed by atoms with E-state index in [9.17, 15) is 4.32 Å². The maximum Gasteiger partial charge on any atom is 0.350 e. The summed E-state index contributed by atoms with van der Waals surface area (Å²) in [5.74, 6) is 0. The van der Waals surface area contributed by atoms with Gasteiger partial charge in [0.25, 0.3) is 0 Å². The predicted octanol–water partition coefficient (Wildman–Crippen LogP) is 0.487. The highest BCUT2D eigenvalue weighted by Crippen LogP contribution is 1.10. The zero-order chi connectivity index (χ0) is 6.71. The molecule has 0 heterocycles. The minimum Gasteiger partial charge on any atom is -0.350 e. The van der Waals surface area contributed by atoms with E-state index in [0.717, 1.165) is 0 Å². The lowest BCUT2D eigenvalue weighted by molar-refractivity contribution is 0.901. The Morgan fingerprint density at radius 1 is 1.29 bits per heavy atom. The van der Waals surface area contributed by atoms with Crippen LogP contribution >= 0.6 is 0 Å². The van der Waals surface area contributed by atoms with Gasteiger partial charge in [0.15, 0.2) is 0 Å². The molecule has 0 atom stereocenters. The second-order valence-electron chi connectivity index (χ2n) is 0. The first kappa shape index (κ1) is 15.8. The number of halogens is 3. The molecule has 0 rings (SSSR count). The molecule has 7 heavy (non-hydrogen) atoms. The van der Waals surface area contributed by atoms with Gasteiger partial charge >= 0.3 is 24.3 Å². The van der Waals surface area contributed by atoms with Crippen molar-refractivity contribution in [3.8, 4) is 0 Å². The van der Waals surface area contributed by atoms with Crippen LogP contribution in [0.3, 0.4) is 0 Å². The first-order valence-electron chi connectivity index (χ1n) is 1.23. The summed E-state index contributed by atoms with van der Waals surface area (Å²) in [6, 6.07) is 0. The quantitative estimate of drug-likeness (QED) is 0.396. The molecule has 5 radical (unpaired) electrons. The number of hydrogen-bond acceptors (Lipinski definition) is 0. The summed E-state index contributed by atoms with van der Waals surface area (Å²) >= 11 is 0. The topological polar surface area (TPSA) is 0 Å². The average molecular weight is 108 g/mol. The molecule has 0 spiro atoms. The van der Waals surface area contributed by atoms with Gasteiger partial charge in [0.1, 0.15) is 0 Å². The van der Waals surface area contributed by atoms with Gasteiger partial charge in [-0.3, -0.25) is 0 Å². The summed E-state index contributed by atoms with van der Waals surface area (Å²) in [5, 5.41) is 0. The fourth-order valence-corrected chi connectivity index (χ4v) is 0. The molecular formula is CH5B3F3. The molecule has 0 aromatic heterocycles. The molecule has 0 saturated carbocycles. The van der Waals surface area contributed by atoms with E-state index in [1.807, 2.05) is 0 Å². The van der Waals surface area contributed by atoms with E-state index in [4.69, 9.17) is 9.97 Å². The highest BCUT2D eigenvalue weighted by atomic mass is 19.1. The molecule has 0 fully saturated rings. The minimum atomic E-state index is -0.250. The Hall–Kier alpha value is -0.0152. The molecule has 0 saturated heterocycles. The van der Waals surface area contributed by atoms with E-state index >= 15 is 0 Å². The van der Waals surface area contributed by atoms with Crippen LogP contribution in [0.15, 0.2) is 0 Å². The van der Waals surface area contributed by atoms with Crippen LogP contribution in [0, 0.1) is 0 Å². The van der Waals surface area contributed by atoms with Gasteiger partial charge in [-0.2, -0.15) is 0 Å². The summed E-state index contributed by atoms with van der Waals surface area (Å²) in [5.41, 5.74) is 0. The lowest BCUT2D eigenvalue weighted by Gasteiger charge is -1.06. The van der Waals surface area contributed by atoms with Gasteiger partial charge in [0.2, 0.25) is 0 Å². The Morgan fingerprint density at radius 3 is 1.29 bits per heavy atom. The van der Waals surface area contributed by atoms with Gasteiger partial charge in [-0.05, 0) is 0 Å². The Balaban J connectivity index is -0.0000000147. The van der Waals surface area contributed by atoms with Gasteiger partial charge < -0.3 is 12.9 Å². The lowest BCUT2D eigenvalue weighted by atomic mass is 10.7. The Kier molecular flexibility index (Phi) is 1450000. The smallest absolute Gasteiger partial charge is 0.350 e. The minimum absolute atomic E-state index is 0. The molecule has 39 valence electrons. The second-order valence-corrected chi connectivity index (χ2v) is 0. The maximum absolute atomic E-state index is 9.83. The fourth-order valence-electron chi connectivity index (χ4n) is 0. The van der Waals surface area contributed by atoms with Crippen LogP contribution in [0.2, 0.25) is 0 Å². The van der Waals surface area contributed by atoms with E-state index in [1.54, 1.807) is 0 Å². The van der Waals surface area contributed by atoms with E-state index in [1.165, 1.54) is 0 Å². The molecule has 0 amide bonds. The fraction of sp³-hybridized carbons (Fsp3) is 1.00. The van der Waals surface area contributed by atoms with Gasteiger partial charge in [-0.1, -0.05) is 7.43 Å². The Bertz CT molecular complexity index is 14.5. The van der Waals surface area contributed by atoms with Crippen LogP contribution in [0.1, 0.15) is 7.43 Å². The van der Waals surface area contributed by atoms with Crippen molar-refractivity contribution in [3.05, 3.63) is 0 Å². The SMILES string of the molecule is C.[3H][B]F.[B]F.[B]F. The van der Waals surface area contributed by atoms with Crippen LogP contribution in [-0.2, 0) is 0 Å². The van der Waals surface area contributed by atoms with Crippen molar-refractivity contribution < 1.29 is 12.9 Å².